The summed E-state index contributed by atoms with van der Waals surface area (Å²) in [5.41, 5.74) is 1.72. The smallest absolute Gasteiger partial charge is 0.160 e. The van der Waals surface area contributed by atoms with Gasteiger partial charge in [0.1, 0.15) is 0 Å². The number of hydrogen-bond donors (Lipinski definition) is 0. The molecule has 0 bridgehead atoms. The molecule has 4 rings (SSSR count). The van der Waals surface area contributed by atoms with E-state index in [1.54, 1.807) is 12.3 Å². The first-order valence-electron chi connectivity index (χ1n) is 8.53. The van der Waals surface area contributed by atoms with Crippen molar-refractivity contribution in [3.63, 3.8) is 0 Å². The topological polar surface area (TPSA) is 17.3 Å². The van der Waals surface area contributed by atoms with E-state index in [9.17, 15) is 17.6 Å². The van der Waals surface area contributed by atoms with Gasteiger partial charge < -0.3 is 4.57 Å². The van der Waals surface area contributed by atoms with Crippen molar-refractivity contribution in [2.75, 3.05) is 0 Å². The van der Waals surface area contributed by atoms with Crippen LogP contribution in [0.2, 0.25) is 0 Å². The Hall–Kier alpha value is -3.41. The number of fused-ring (bicyclic) bond motifs is 1. The predicted molar refractivity (Wildman–Crippen MR) is 99.0 cm³/mol. The zero-order valence-corrected chi connectivity index (χ0v) is 14.5. The second-order valence-electron chi connectivity index (χ2n) is 6.30. The molecule has 0 N–H and O–H groups in total. The molecule has 0 aliphatic rings. The highest BCUT2D eigenvalue weighted by Gasteiger charge is 2.06. The fourth-order valence-electron chi connectivity index (χ4n) is 3.04. The van der Waals surface area contributed by atoms with Crippen molar-refractivity contribution >= 4 is 16.6 Å². The summed E-state index contributed by atoms with van der Waals surface area (Å²) in [6.45, 7) is 0.336. The zero-order valence-electron chi connectivity index (χ0n) is 14.5. The molecule has 0 spiro atoms. The Balaban J connectivity index is 1.81. The number of para-hydroxylation sites is 1. The minimum atomic E-state index is -0.963. The van der Waals surface area contributed by atoms with Crippen molar-refractivity contribution in [3.8, 4) is 0 Å². The summed E-state index contributed by atoms with van der Waals surface area (Å²) in [5.74, 6) is -3.68. The molecule has 0 aliphatic heterocycles. The number of pyridine rings is 1. The third-order valence-electron chi connectivity index (χ3n) is 4.39. The maximum Gasteiger partial charge on any atom is 0.160 e. The van der Waals surface area contributed by atoms with E-state index in [1.807, 2.05) is 28.8 Å². The van der Waals surface area contributed by atoms with Gasteiger partial charge in [0.05, 0.1) is 16.6 Å². The average Bonchev–Trinajstić information content (AvgIpc) is 2.69. The molecule has 1 aromatic heterocycles. The third-order valence-corrected chi connectivity index (χ3v) is 4.39. The van der Waals surface area contributed by atoms with E-state index < -0.39 is 23.3 Å². The van der Waals surface area contributed by atoms with Crippen molar-refractivity contribution < 1.29 is 17.6 Å². The van der Waals surface area contributed by atoms with Crippen LogP contribution >= 0.6 is 0 Å². The maximum atomic E-state index is 13.5. The molecule has 0 amide bonds. The molecule has 1 heterocycles. The van der Waals surface area contributed by atoms with E-state index in [1.165, 1.54) is 12.1 Å². The Bertz CT molecular complexity index is 1240. The summed E-state index contributed by atoms with van der Waals surface area (Å²) in [6, 6.07) is 16.4. The average molecular weight is 382 g/mol. The SMILES string of the molecule is Fc1ccc(Cn2ccc(=Nc3ccc(F)c(F)c3)c3ccccc32)cc1F. The van der Waals surface area contributed by atoms with Crippen molar-refractivity contribution in [2.45, 2.75) is 6.54 Å². The molecule has 0 saturated heterocycles. The van der Waals surface area contributed by atoms with E-state index in [0.29, 0.717) is 23.2 Å². The lowest BCUT2D eigenvalue weighted by Gasteiger charge is -2.12. The van der Waals surface area contributed by atoms with E-state index in [2.05, 4.69) is 4.99 Å². The van der Waals surface area contributed by atoms with Crippen LogP contribution in [-0.4, -0.2) is 4.57 Å². The monoisotopic (exact) mass is 382 g/mol. The van der Waals surface area contributed by atoms with Crippen molar-refractivity contribution in [3.05, 3.63) is 107 Å². The minimum absolute atomic E-state index is 0.294. The first kappa shape index (κ1) is 18.0. The normalized spacial score (nSPS) is 11.9. The molecule has 3 aromatic carbocycles. The molecule has 6 heteroatoms. The Labute approximate surface area is 158 Å². The van der Waals surface area contributed by atoms with Gasteiger partial charge in [-0.1, -0.05) is 24.3 Å². The highest BCUT2D eigenvalue weighted by molar-refractivity contribution is 5.78. The number of rotatable bonds is 3. The number of nitrogens with zero attached hydrogens (tertiary/aromatic N) is 2. The lowest BCUT2D eigenvalue weighted by Crippen LogP contribution is -2.10. The van der Waals surface area contributed by atoms with Crippen LogP contribution in [0.4, 0.5) is 23.2 Å². The molecule has 28 heavy (non-hydrogen) atoms. The van der Waals surface area contributed by atoms with Gasteiger partial charge in [0.2, 0.25) is 0 Å². The van der Waals surface area contributed by atoms with Crippen LogP contribution in [0.3, 0.4) is 0 Å². The molecule has 0 radical (unpaired) electrons. The largest absolute Gasteiger partial charge is 0.343 e. The van der Waals surface area contributed by atoms with E-state index in [4.69, 9.17) is 0 Å². The third kappa shape index (κ3) is 3.53. The fraction of sp³-hybridized carbons (Fsp3) is 0.0455. The van der Waals surface area contributed by atoms with Crippen LogP contribution in [0.25, 0.3) is 10.9 Å². The summed E-state index contributed by atoms with van der Waals surface area (Å²) in [6.07, 6.45) is 1.77. The van der Waals surface area contributed by atoms with Crippen LogP contribution in [0.15, 0.2) is 77.9 Å². The standard InChI is InChI=1S/C22H14F4N2/c23-17-7-5-14(11-19(17)25)13-28-10-9-21(16-3-1-2-4-22(16)28)27-15-6-8-18(24)20(26)12-15/h1-12H,13H2. The van der Waals surface area contributed by atoms with Gasteiger partial charge >= 0.3 is 0 Å². The van der Waals surface area contributed by atoms with Crippen molar-refractivity contribution in [1.82, 2.24) is 4.57 Å². The molecule has 0 fully saturated rings. The van der Waals surface area contributed by atoms with Crippen LogP contribution in [-0.2, 0) is 6.54 Å². The first-order chi connectivity index (χ1) is 13.5. The van der Waals surface area contributed by atoms with Crippen LogP contribution in [0.5, 0.6) is 0 Å². The van der Waals surface area contributed by atoms with Crippen molar-refractivity contribution in [2.24, 2.45) is 4.99 Å². The van der Waals surface area contributed by atoms with E-state index in [-0.39, 0.29) is 0 Å². The van der Waals surface area contributed by atoms with Gasteiger partial charge in [-0.25, -0.2) is 22.6 Å². The Kier molecular flexibility index (Phi) is 4.69. The summed E-state index contributed by atoms with van der Waals surface area (Å²) >= 11 is 0. The van der Waals surface area contributed by atoms with E-state index in [0.717, 1.165) is 35.2 Å². The number of aromatic nitrogens is 1. The van der Waals surface area contributed by atoms with Crippen LogP contribution in [0.1, 0.15) is 5.56 Å². The lowest BCUT2D eigenvalue weighted by atomic mass is 10.1. The highest BCUT2D eigenvalue weighted by atomic mass is 19.2. The molecule has 2 nitrogen and oxygen atoms in total. The van der Waals surface area contributed by atoms with Gasteiger partial charge in [-0.15, -0.1) is 0 Å². The molecular weight excluding hydrogens is 368 g/mol. The molecule has 0 saturated carbocycles. The number of benzene rings is 3. The van der Waals surface area contributed by atoms with Crippen LogP contribution in [0, 0.1) is 23.3 Å². The summed E-state index contributed by atoms with van der Waals surface area (Å²) < 4.78 is 55.1. The molecule has 4 aromatic rings. The van der Waals surface area contributed by atoms with Gasteiger partial charge in [-0.3, -0.25) is 0 Å². The minimum Gasteiger partial charge on any atom is -0.343 e. The molecular formula is C22H14F4N2. The maximum absolute atomic E-state index is 13.5. The molecule has 140 valence electrons. The van der Waals surface area contributed by atoms with E-state index >= 15 is 0 Å². The summed E-state index contributed by atoms with van der Waals surface area (Å²) in [7, 11) is 0. The van der Waals surface area contributed by atoms with Crippen LogP contribution < -0.4 is 5.36 Å². The van der Waals surface area contributed by atoms with Gasteiger partial charge in [0, 0.05) is 24.2 Å². The number of hydrogen-bond acceptors (Lipinski definition) is 1. The zero-order chi connectivity index (χ0) is 19.7. The first-order valence-corrected chi connectivity index (χ1v) is 8.53. The number of halogens is 4. The van der Waals surface area contributed by atoms with Gasteiger partial charge in [0.15, 0.2) is 23.3 Å². The quantitative estimate of drug-likeness (QED) is 0.418. The fourth-order valence-corrected chi connectivity index (χ4v) is 3.04. The molecule has 0 aliphatic carbocycles. The Morgan fingerprint density at radius 1 is 0.714 bits per heavy atom. The Morgan fingerprint density at radius 3 is 2.18 bits per heavy atom. The van der Waals surface area contributed by atoms with Gasteiger partial charge in [0.25, 0.3) is 0 Å². The highest BCUT2D eigenvalue weighted by Crippen LogP contribution is 2.18. The lowest BCUT2D eigenvalue weighted by molar-refractivity contribution is 0.506. The van der Waals surface area contributed by atoms with Gasteiger partial charge in [-0.2, -0.15) is 0 Å². The molecule has 0 atom stereocenters. The molecule has 0 unspecified atom stereocenters. The summed E-state index contributed by atoms with van der Waals surface area (Å²) in [5, 5.41) is 1.38. The van der Waals surface area contributed by atoms with Crippen molar-refractivity contribution in [1.29, 1.82) is 0 Å². The second kappa shape index (κ2) is 7.31. The Morgan fingerprint density at radius 2 is 1.43 bits per heavy atom. The summed E-state index contributed by atoms with van der Waals surface area (Å²) in [4.78, 5) is 4.42. The van der Waals surface area contributed by atoms with Gasteiger partial charge in [-0.05, 0) is 42.0 Å². The second-order valence-corrected chi connectivity index (χ2v) is 6.30. The predicted octanol–water partition coefficient (Wildman–Crippen LogP) is 5.48.